The average Bonchev–Trinajstić information content (AvgIpc) is 3.04. The number of cyclic esters (lactones) is 2. The van der Waals surface area contributed by atoms with Crippen molar-refractivity contribution in [3.63, 3.8) is 0 Å². The maximum absolute atomic E-state index is 12.0. The zero-order chi connectivity index (χ0) is 19.9. The van der Waals surface area contributed by atoms with E-state index >= 15 is 0 Å². The van der Waals surface area contributed by atoms with E-state index in [1.165, 1.54) is 20.0 Å². The number of ether oxygens (including phenoxy) is 2. The molecule has 1 aromatic heterocycles. The standard InChI is InChI=1S/C20H17N3O5/c1-20(2)27-18(25)14(19(26)28-20)10-21-12-5-8-15-16(9-12)23-17(22-15)11-3-6-13(24)7-4-11/h3-10,21,24H,1-2H3,(H,22,23). The molecule has 0 atom stereocenters. The third kappa shape index (κ3) is 3.39. The molecule has 0 aliphatic carbocycles. The number of fused-ring (bicyclic) bond motifs is 1. The Labute approximate surface area is 159 Å². The number of nitrogens with one attached hydrogen (secondary N) is 2. The summed E-state index contributed by atoms with van der Waals surface area (Å²) in [5.41, 5.74) is 2.78. The van der Waals surface area contributed by atoms with Crippen LogP contribution in [0.15, 0.2) is 54.2 Å². The van der Waals surface area contributed by atoms with Crippen molar-refractivity contribution in [3.05, 3.63) is 54.2 Å². The monoisotopic (exact) mass is 379 g/mol. The van der Waals surface area contributed by atoms with Crippen LogP contribution in [0.1, 0.15) is 13.8 Å². The molecular weight excluding hydrogens is 362 g/mol. The summed E-state index contributed by atoms with van der Waals surface area (Å²) in [4.78, 5) is 31.7. The first-order chi connectivity index (χ1) is 13.3. The Morgan fingerprint density at radius 2 is 1.75 bits per heavy atom. The number of aromatic hydroxyl groups is 1. The van der Waals surface area contributed by atoms with Gasteiger partial charge >= 0.3 is 11.9 Å². The van der Waals surface area contributed by atoms with Crippen molar-refractivity contribution in [1.82, 2.24) is 9.97 Å². The predicted octanol–water partition coefficient (Wildman–Crippen LogP) is 3.07. The molecule has 3 N–H and O–H groups in total. The molecule has 0 amide bonds. The van der Waals surface area contributed by atoms with Crippen LogP contribution in [0.2, 0.25) is 0 Å². The number of imidazole rings is 1. The number of nitrogens with zero attached hydrogens (tertiary/aromatic N) is 1. The molecule has 8 nitrogen and oxygen atoms in total. The Morgan fingerprint density at radius 1 is 1.07 bits per heavy atom. The number of aromatic nitrogens is 2. The van der Waals surface area contributed by atoms with Crippen LogP contribution >= 0.6 is 0 Å². The van der Waals surface area contributed by atoms with Crippen LogP contribution in [-0.4, -0.2) is 32.8 Å². The van der Waals surface area contributed by atoms with Gasteiger partial charge in [0, 0.05) is 31.3 Å². The molecule has 4 rings (SSSR count). The van der Waals surface area contributed by atoms with Crippen LogP contribution in [0.5, 0.6) is 5.75 Å². The van der Waals surface area contributed by atoms with Crippen LogP contribution in [0.4, 0.5) is 5.69 Å². The minimum absolute atomic E-state index is 0.183. The smallest absolute Gasteiger partial charge is 0.350 e. The Morgan fingerprint density at radius 3 is 2.43 bits per heavy atom. The first kappa shape index (κ1) is 17.6. The molecule has 142 valence electrons. The lowest BCUT2D eigenvalue weighted by atomic mass is 10.2. The molecular formula is C20H17N3O5. The van der Waals surface area contributed by atoms with Gasteiger partial charge in [-0.15, -0.1) is 0 Å². The fourth-order valence-electron chi connectivity index (χ4n) is 2.79. The number of hydrogen-bond donors (Lipinski definition) is 3. The second kappa shape index (κ2) is 6.41. The van der Waals surface area contributed by atoms with E-state index in [4.69, 9.17) is 9.47 Å². The van der Waals surface area contributed by atoms with Crippen LogP contribution in [-0.2, 0) is 19.1 Å². The largest absolute Gasteiger partial charge is 0.508 e. The van der Waals surface area contributed by atoms with Crippen LogP contribution in [0.3, 0.4) is 0 Å². The zero-order valence-corrected chi connectivity index (χ0v) is 15.1. The highest BCUT2D eigenvalue weighted by molar-refractivity contribution is 6.15. The Bertz CT molecular complexity index is 1090. The van der Waals surface area contributed by atoms with Crippen molar-refractivity contribution in [1.29, 1.82) is 0 Å². The van der Waals surface area contributed by atoms with E-state index in [0.717, 1.165) is 16.6 Å². The first-order valence-electron chi connectivity index (χ1n) is 8.53. The van der Waals surface area contributed by atoms with Crippen molar-refractivity contribution in [2.75, 3.05) is 5.32 Å². The van der Waals surface area contributed by atoms with E-state index in [2.05, 4.69) is 15.3 Å². The summed E-state index contributed by atoms with van der Waals surface area (Å²) in [5.74, 6) is -1.92. The number of H-pyrrole nitrogens is 1. The van der Waals surface area contributed by atoms with Gasteiger partial charge in [0.25, 0.3) is 5.79 Å². The van der Waals surface area contributed by atoms with Crippen molar-refractivity contribution >= 4 is 28.7 Å². The molecule has 0 unspecified atom stereocenters. The van der Waals surface area contributed by atoms with Crippen molar-refractivity contribution in [2.24, 2.45) is 0 Å². The summed E-state index contributed by atoms with van der Waals surface area (Å²) in [6.07, 6.45) is 1.26. The maximum atomic E-state index is 12.0. The summed E-state index contributed by atoms with van der Waals surface area (Å²) in [6.45, 7) is 2.98. The molecule has 2 heterocycles. The minimum Gasteiger partial charge on any atom is -0.508 e. The molecule has 1 fully saturated rings. The van der Waals surface area contributed by atoms with Crippen molar-refractivity contribution in [2.45, 2.75) is 19.6 Å². The number of carbonyl (C=O) groups is 2. The number of aromatic amines is 1. The van der Waals surface area contributed by atoms with E-state index in [1.54, 1.807) is 42.5 Å². The first-order valence-corrected chi connectivity index (χ1v) is 8.53. The van der Waals surface area contributed by atoms with Gasteiger partial charge in [0.1, 0.15) is 11.6 Å². The number of benzene rings is 2. The molecule has 1 saturated heterocycles. The molecule has 0 radical (unpaired) electrons. The molecule has 1 aliphatic heterocycles. The molecule has 3 aromatic rings. The van der Waals surface area contributed by atoms with E-state index in [1.807, 2.05) is 0 Å². The molecule has 0 bridgehead atoms. The summed E-state index contributed by atoms with van der Waals surface area (Å²) in [7, 11) is 0. The fraction of sp³-hybridized carbons (Fsp3) is 0.150. The summed E-state index contributed by atoms with van der Waals surface area (Å²) in [6, 6.07) is 12.1. The highest BCUT2D eigenvalue weighted by Gasteiger charge is 2.38. The number of esters is 2. The topological polar surface area (TPSA) is 114 Å². The third-order valence-electron chi connectivity index (χ3n) is 4.12. The van der Waals surface area contributed by atoms with Gasteiger partial charge in [0.2, 0.25) is 0 Å². The predicted molar refractivity (Wildman–Crippen MR) is 101 cm³/mol. The molecule has 2 aromatic carbocycles. The maximum Gasteiger partial charge on any atom is 0.350 e. The highest BCUT2D eigenvalue weighted by Crippen LogP contribution is 2.25. The van der Waals surface area contributed by atoms with Crippen LogP contribution in [0, 0.1) is 0 Å². The molecule has 28 heavy (non-hydrogen) atoms. The van der Waals surface area contributed by atoms with Gasteiger partial charge in [0.15, 0.2) is 5.57 Å². The van der Waals surface area contributed by atoms with Gasteiger partial charge in [-0.2, -0.15) is 0 Å². The van der Waals surface area contributed by atoms with Crippen molar-refractivity contribution in [3.8, 4) is 17.1 Å². The molecule has 8 heteroatoms. The van der Waals surface area contributed by atoms with E-state index in [9.17, 15) is 14.7 Å². The number of phenols is 1. The summed E-state index contributed by atoms with van der Waals surface area (Å²) in [5, 5.41) is 12.3. The third-order valence-corrected chi connectivity index (χ3v) is 4.12. The summed E-state index contributed by atoms with van der Waals surface area (Å²) >= 11 is 0. The van der Waals surface area contributed by atoms with Gasteiger partial charge in [-0.3, -0.25) is 0 Å². The lowest BCUT2D eigenvalue weighted by Crippen LogP contribution is -2.42. The zero-order valence-electron chi connectivity index (χ0n) is 15.1. The van der Waals surface area contributed by atoms with E-state index in [-0.39, 0.29) is 11.3 Å². The molecule has 0 saturated carbocycles. The normalized spacial score (nSPS) is 15.9. The van der Waals surface area contributed by atoms with Gasteiger partial charge in [-0.25, -0.2) is 14.6 Å². The Balaban J connectivity index is 1.57. The van der Waals surface area contributed by atoms with Gasteiger partial charge in [-0.05, 0) is 42.5 Å². The average molecular weight is 379 g/mol. The Hall–Kier alpha value is -3.81. The lowest BCUT2D eigenvalue weighted by Gasteiger charge is -2.29. The fourth-order valence-corrected chi connectivity index (χ4v) is 2.79. The molecule has 1 aliphatic rings. The van der Waals surface area contributed by atoms with Crippen LogP contribution < -0.4 is 5.32 Å². The molecule has 0 spiro atoms. The second-order valence-corrected chi connectivity index (χ2v) is 6.75. The number of phenolic OH excluding ortho intramolecular Hbond substituents is 1. The number of rotatable bonds is 3. The number of hydrogen-bond acceptors (Lipinski definition) is 7. The minimum atomic E-state index is -1.27. The van der Waals surface area contributed by atoms with Crippen molar-refractivity contribution < 1.29 is 24.2 Å². The summed E-state index contributed by atoms with van der Waals surface area (Å²) < 4.78 is 10.1. The van der Waals surface area contributed by atoms with E-state index in [0.29, 0.717) is 11.5 Å². The van der Waals surface area contributed by atoms with Crippen LogP contribution in [0.25, 0.3) is 22.4 Å². The van der Waals surface area contributed by atoms with Gasteiger partial charge in [-0.1, -0.05) is 0 Å². The van der Waals surface area contributed by atoms with E-state index < -0.39 is 17.7 Å². The second-order valence-electron chi connectivity index (χ2n) is 6.75. The number of carbonyl (C=O) groups excluding carboxylic acids is 2. The quantitative estimate of drug-likeness (QED) is 0.364. The Kier molecular flexibility index (Phi) is 4.03. The number of anilines is 1. The highest BCUT2D eigenvalue weighted by atomic mass is 16.7. The van der Waals surface area contributed by atoms with Gasteiger partial charge < -0.3 is 24.9 Å². The SMILES string of the molecule is CC1(C)OC(=O)C(=CNc2ccc3nc(-c4ccc(O)cc4)[nH]c3c2)C(=O)O1. The lowest BCUT2D eigenvalue weighted by molar-refractivity contribution is -0.222. The van der Waals surface area contributed by atoms with Gasteiger partial charge in [0.05, 0.1) is 11.0 Å².